The van der Waals surface area contributed by atoms with Crippen molar-refractivity contribution in [1.29, 1.82) is 0 Å². The fourth-order valence-electron chi connectivity index (χ4n) is 3.10. The second-order valence-electron chi connectivity index (χ2n) is 6.72. The van der Waals surface area contributed by atoms with Gasteiger partial charge in [-0.05, 0) is 32.4 Å². The van der Waals surface area contributed by atoms with Gasteiger partial charge in [-0.3, -0.25) is 24.3 Å². The van der Waals surface area contributed by atoms with Gasteiger partial charge in [-0.25, -0.2) is 0 Å². The van der Waals surface area contributed by atoms with Crippen molar-refractivity contribution < 1.29 is 9.72 Å². The maximum absolute atomic E-state index is 12.3. The lowest BCUT2D eigenvalue weighted by molar-refractivity contribution is -0.386. The maximum Gasteiger partial charge on any atom is 0.312 e. The Hall–Kier alpha value is -3.20. The van der Waals surface area contributed by atoms with E-state index in [0.29, 0.717) is 28.8 Å². The van der Waals surface area contributed by atoms with E-state index in [0.717, 1.165) is 11.3 Å². The summed E-state index contributed by atoms with van der Waals surface area (Å²) in [5.74, 6) is 0.196. The number of carbonyl (C=O) groups excluding carboxylic acids is 1. The summed E-state index contributed by atoms with van der Waals surface area (Å²) >= 11 is 6.20. The van der Waals surface area contributed by atoms with Crippen LogP contribution in [0.4, 0.5) is 11.5 Å². The van der Waals surface area contributed by atoms with Crippen LogP contribution in [0.15, 0.2) is 30.3 Å². The van der Waals surface area contributed by atoms with E-state index >= 15 is 0 Å². The molecule has 2 aromatic heterocycles. The van der Waals surface area contributed by atoms with Gasteiger partial charge in [-0.15, -0.1) is 0 Å². The van der Waals surface area contributed by atoms with Crippen molar-refractivity contribution >= 4 is 29.0 Å². The minimum absolute atomic E-state index is 0.0145. The Morgan fingerprint density at radius 1 is 1.21 bits per heavy atom. The number of nitro groups is 1. The van der Waals surface area contributed by atoms with E-state index in [1.165, 1.54) is 4.68 Å². The lowest BCUT2D eigenvalue weighted by Gasteiger charge is -2.06. The highest BCUT2D eigenvalue weighted by Gasteiger charge is 2.22. The molecular weight excluding hydrogens is 396 g/mol. The number of aromatic nitrogens is 4. The molecular formula is C19H21ClN6O3. The molecule has 29 heavy (non-hydrogen) atoms. The van der Waals surface area contributed by atoms with Gasteiger partial charge >= 0.3 is 5.69 Å². The van der Waals surface area contributed by atoms with Gasteiger partial charge in [0.1, 0.15) is 11.4 Å². The number of halogens is 1. The molecule has 3 aromatic rings. The van der Waals surface area contributed by atoms with Gasteiger partial charge in [0, 0.05) is 23.2 Å². The average molecular weight is 417 g/mol. The van der Waals surface area contributed by atoms with E-state index < -0.39 is 4.92 Å². The monoisotopic (exact) mass is 416 g/mol. The van der Waals surface area contributed by atoms with E-state index in [1.807, 2.05) is 31.2 Å². The van der Waals surface area contributed by atoms with E-state index in [-0.39, 0.29) is 24.6 Å². The summed E-state index contributed by atoms with van der Waals surface area (Å²) in [6.07, 6.45) is 0.121. The van der Waals surface area contributed by atoms with Crippen LogP contribution in [0, 0.1) is 30.9 Å². The van der Waals surface area contributed by atoms with Crippen molar-refractivity contribution in [3.05, 3.63) is 68.1 Å². The molecule has 0 unspecified atom stereocenters. The average Bonchev–Trinajstić information content (AvgIpc) is 3.13. The number of amides is 1. The predicted molar refractivity (Wildman–Crippen MR) is 109 cm³/mol. The van der Waals surface area contributed by atoms with Crippen LogP contribution < -0.4 is 5.32 Å². The Bertz CT molecular complexity index is 1070. The molecule has 0 aliphatic rings. The SMILES string of the molecule is Cc1nn(CCC(=O)Nc2cc(C)n(Cc3ccccc3Cl)n2)c(C)c1[N+](=O)[O-]. The summed E-state index contributed by atoms with van der Waals surface area (Å²) in [7, 11) is 0. The van der Waals surface area contributed by atoms with E-state index in [4.69, 9.17) is 11.6 Å². The Balaban J connectivity index is 1.62. The summed E-state index contributed by atoms with van der Waals surface area (Å²) in [5, 5.41) is 23.1. The first kappa shape index (κ1) is 20.5. The summed E-state index contributed by atoms with van der Waals surface area (Å²) in [6, 6.07) is 9.30. The standard InChI is InChI=1S/C19H21ClN6O3/c1-12-10-17(23-25(12)11-15-6-4-5-7-16(15)20)21-18(27)8-9-24-14(3)19(26(28)29)13(2)22-24/h4-7,10H,8-9,11H2,1-3H3,(H,21,23,27). The van der Waals surface area contributed by atoms with Crippen molar-refractivity contribution in [3.63, 3.8) is 0 Å². The topological polar surface area (TPSA) is 108 Å². The molecule has 0 fully saturated rings. The summed E-state index contributed by atoms with van der Waals surface area (Å²) in [4.78, 5) is 22.9. The van der Waals surface area contributed by atoms with Crippen molar-refractivity contribution in [2.45, 2.75) is 40.3 Å². The summed E-state index contributed by atoms with van der Waals surface area (Å²) in [5.41, 5.74) is 2.57. The first-order valence-electron chi connectivity index (χ1n) is 9.02. The lowest BCUT2D eigenvalue weighted by Crippen LogP contribution is -2.16. The molecule has 9 nitrogen and oxygen atoms in total. The van der Waals surface area contributed by atoms with Crippen molar-refractivity contribution in [2.24, 2.45) is 0 Å². The fraction of sp³-hybridized carbons (Fsp3) is 0.316. The summed E-state index contributed by atoms with van der Waals surface area (Å²) < 4.78 is 3.25. The summed E-state index contributed by atoms with van der Waals surface area (Å²) in [6.45, 7) is 5.84. The highest BCUT2D eigenvalue weighted by Crippen LogP contribution is 2.22. The van der Waals surface area contributed by atoms with Crippen LogP contribution in [0.1, 0.15) is 29.1 Å². The first-order chi connectivity index (χ1) is 13.8. The molecule has 0 bridgehead atoms. The molecule has 152 valence electrons. The normalized spacial score (nSPS) is 10.9. The molecule has 1 amide bonds. The third-order valence-corrected chi connectivity index (χ3v) is 4.97. The van der Waals surface area contributed by atoms with Crippen LogP contribution in [0.5, 0.6) is 0 Å². The molecule has 1 N–H and O–H groups in total. The number of benzene rings is 1. The molecule has 0 saturated heterocycles. The van der Waals surface area contributed by atoms with Gasteiger partial charge in [0.05, 0.1) is 18.0 Å². The number of rotatable bonds is 7. The molecule has 0 aliphatic heterocycles. The van der Waals surface area contributed by atoms with Crippen LogP contribution in [-0.4, -0.2) is 30.4 Å². The van der Waals surface area contributed by atoms with E-state index in [9.17, 15) is 14.9 Å². The zero-order chi connectivity index (χ0) is 21.1. The molecule has 0 atom stereocenters. The number of hydrogen-bond acceptors (Lipinski definition) is 5. The quantitative estimate of drug-likeness (QED) is 0.467. The van der Waals surface area contributed by atoms with Gasteiger partial charge in [0.15, 0.2) is 5.82 Å². The molecule has 0 saturated carbocycles. The van der Waals surface area contributed by atoms with Crippen molar-refractivity contribution in [1.82, 2.24) is 19.6 Å². The highest BCUT2D eigenvalue weighted by molar-refractivity contribution is 6.31. The van der Waals surface area contributed by atoms with Crippen LogP contribution in [-0.2, 0) is 17.9 Å². The zero-order valence-corrected chi connectivity index (χ0v) is 17.1. The second kappa shape index (κ2) is 8.44. The Kier molecular flexibility index (Phi) is 5.97. The number of aryl methyl sites for hydroxylation is 3. The molecule has 2 heterocycles. The minimum atomic E-state index is -0.456. The minimum Gasteiger partial charge on any atom is -0.309 e. The van der Waals surface area contributed by atoms with E-state index in [1.54, 1.807) is 24.6 Å². The lowest BCUT2D eigenvalue weighted by atomic mass is 10.2. The Morgan fingerprint density at radius 2 is 1.93 bits per heavy atom. The molecule has 1 aromatic carbocycles. The van der Waals surface area contributed by atoms with Crippen LogP contribution in [0.3, 0.4) is 0 Å². The Labute approximate surface area is 172 Å². The second-order valence-corrected chi connectivity index (χ2v) is 7.13. The highest BCUT2D eigenvalue weighted by atomic mass is 35.5. The number of carbonyl (C=O) groups is 1. The number of nitrogens with one attached hydrogen (secondary N) is 1. The predicted octanol–water partition coefficient (Wildman–Crippen LogP) is 3.64. The zero-order valence-electron chi connectivity index (χ0n) is 16.3. The van der Waals surface area contributed by atoms with Crippen molar-refractivity contribution in [3.8, 4) is 0 Å². The van der Waals surface area contributed by atoms with Gasteiger partial charge in [0.2, 0.25) is 5.91 Å². The third-order valence-electron chi connectivity index (χ3n) is 4.60. The van der Waals surface area contributed by atoms with Gasteiger partial charge in [-0.1, -0.05) is 29.8 Å². The van der Waals surface area contributed by atoms with Crippen LogP contribution in [0.25, 0.3) is 0 Å². The molecule has 0 aliphatic carbocycles. The van der Waals surface area contributed by atoms with Crippen LogP contribution >= 0.6 is 11.6 Å². The molecule has 0 radical (unpaired) electrons. The smallest absolute Gasteiger partial charge is 0.309 e. The van der Waals surface area contributed by atoms with Gasteiger partial charge in [-0.2, -0.15) is 10.2 Å². The first-order valence-corrected chi connectivity index (χ1v) is 9.40. The van der Waals surface area contributed by atoms with Crippen molar-refractivity contribution in [2.75, 3.05) is 5.32 Å². The van der Waals surface area contributed by atoms with Gasteiger partial charge < -0.3 is 5.32 Å². The molecule has 10 heteroatoms. The molecule has 0 spiro atoms. The maximum atomic E-state index is 12.3. The molecule has 3 rings (SSSR count). The van der Waals surface area contributed by atoms with Gasteiger partial charge in [0.25, 0.3) is 0 Å². The van der Waals surface area contributed by atoms with E-state index in [2.05, 4.69) is 15.5 Å². The number of nitrogens with zero attached hydrogens (tertiary/aromatic N) is 5. The largest absolute Gasteiger partial charge is 0.312 e. The third kappa shape index (κ3) is 4.62. The number of hydrogen-bond donors (Lipinski definition) is 1. The fourth-order valence-corrected chi connectivity index (χ4v) is 3.30. The number of anilines is 1. The van der Waals surface area contributed by atoms with Crippen LogP contribution in [0.2, 0.25) is 5.02 Å². The Morgan fingerprint density at radius 3 is 2.59 bits per heavy atom.